The van der Waals surface area contributed by atoms with Gasteiger partial charge in [-0.05, 0) is 51.5 Å². The molecule has 1 fully saturated rings. The highest BCUT2D eigenvalue weighted by Crippen LogP contribution is 2.20. The first-order valence-electron chi connectivity index (χ1n) is 18.4. The maximum Gasteiger partial charge on any atom is 0.490 e. The number of nitrogens with two attached hydrogens (primary N) is 4. The standard InChI is InChI=1S/C28H49N11O11.2C2HF3O2/c29-8-2-1-5-16(27(49)50)37-25(47)19-7-4-10-39(19)26(48)18(14-40)38-24(46)17(11-22(43)44)36-21(42)13-34-23(45)15(35-20(41)12-30)6-3-9-33-28(31)32;2*3-2(4,5)1(6)7/h15-19,40H,1-14,29-30H2,(H,34,45)(H,35,41)(H,36,42)(H,37,47)(H,38,46)(H,43,44)(H,49,50)(H4,31,32,33);2*(H,6,7). The van der Waals surface area contributed by atoms with Crippen LogP contribution in [0.5, 0.6) is 0 Å². The van der Waals surface area contributed by atoms with Crippen LogP contribution in [0.2, 0.25) is 0 Å². The highest BCUT2D eigenvalue weighted by atomic mass is 19.4. The zero-order valence-electron chi connectivity index (χ0n) is 33.6. The second-order valence-electron chi connectivity index (χ2n) is 12.9. The second-order valence-corrected chi connectivity index (χ2v) is 12.9. The van der Waals surface area contributed by atoms with Gasteiger partial charge < -0.3 is 80.0 Å². The fraction of sp³-hybridized carbons (Fsp3) is 0.656. The molecule has 1 aliphatic heterocycles. The third kappa shape index (κ3) is 25.4. The summed E-state index contributed by atoms with van der Waals surface area (Å²) < 4.78 is 63.5. The summed E-state index contributed by atoms with van der Waals surface area (Å²) >= 11 is 0. The zero-order valence-corrected chi connectivity index (χ0v) is 33.6. The lowest BCUT2D eigenvalue weighted by atomic mass is 10.1. The number of carbonyl (C=O) groups is 10. The van der Waals surface area contributed by atoms with Crippen LogP contribution in [-0.4, -0.2) is 178 Å². The molecule has 0 saturated carbocycles. The van der Waals surface area contributed by atoms with Crippen LogP contribution >= 0.6 is 0 Å². The van der Waals surface area contributed by atoms with E-state index in [4.69, 9.17) is 42.7 Å². The number of guanidine groups is 1. The number of aliphatic imine (C=N–C) groups is 1. The van der Waals surface area contributed by atoms with Gasteiger partial charge in [-0.25, -0.2) is 14.4 Å². The van der Waals surface area contributed by atoms with E-state index < -0.39 is 128 Å². The van der Waals surface area contributed by atoms with Crippen molar-refractivity contribution in [2.75, 3.05) is 39.3 Å². The van der Waals surface area contributed by atoms with Gasteiger partial charge in [0.2, 0.25) is 35.4 Å². The molecule has 5 unspecified atom stereocenters. The number of nitrogens with zero attached hydrogens (tertiary/aromatic N) is 2. The van der Waals surface area contributed by atoms with E-state index in [1.54, 1.807) is 0 Å². The van der Waals surface area contributed by atoms with E-state index in [-0.39, 0.29) is 44.7 Å². The Balaban J connectivity index is 0. The van der Waals surface area contributed by atoms with Gasteiger partial charge >= 0.3 is 36.2 Å². The van der Waals surface area contributed by atoms with Gasteiger partial charge in [0.05, 0.1) is 26.1 Å². The predicted molar refractivity (Wildman–Crippen MR) is 202 cm³/mol. The molecule has 6 amide bonds. The Labute approximate surface area is 357 Å². The van der Waals surface area contributed by atoms with Crippen LogP contribution in [0.1, 0.15) is 51.4 Å². The first-order valence-corrected chi connectivity index (χ1v) is 18.4. The summed E-state index contributed by atoms with van der Waals surface area (Å²) in [5, 5.41) is 54.4. The van der Waals surface area contributed by atoms with Crippen LogP contribution in [0.4, 0.5) is 26.3 Å². The van der Waals surface area contributed by atoms with Crippen molar-refractivity contribution in [1.82, 2.24) is 31.5 Å². The molecular formula is C32H51F6N11O15. The van der Waals surface area contributed by atoms with Crippen LogP contribution in [0, 0.1) is 0 Å². The van der Waals surface area contributed by atoms with Crippen molar-refractivity contribution in [3.8, 4) is 0 Å². The summed E-state index contributed by atoms with van der Waals surface area (Å²) in [4.78, 5) is 122. The summed E-state index contributed by atoms with van der Waals surface area (Å²) in [6, 6.07) is -6.89. The van der Waals surface area contributed by atoms with Crippen LogP contribution < -0.4 is 49.5 Å². The third-order valence-electron chi connectivity index (χ3n) is 7.92. The first-order chi connectivity index (χ1) is 29.5. The Morgan fingerprint density at radius 2 is 1.23 bits per heavy atom. The van der Waals surface area contributed by atoms with Gasteiger partial charge in [-0.15, -0.1) is 0 Å². The molecule has 26 nitrogen and oxygen atoms in total. The maximum atomic E-state index is 13.3. The van der Waals surface area contributed by atoms with E-state index in [0.717, 1.165) is 4.90 Å². The normalized spacial score (nSPS) is 15.1. The Hall–Kier alpha value is -6.57. The highest BCUT2D eigenvalue weighted by Gasteiger charge is 2.40. The van der Waals surface area contributed by atoms with E-state index in [0.29, 0.717) is 25.8 Å². The maximum absolute atomic E-state index is 13.3. The fourth-order valence-electron chi connectivity index (χ4n) is 4.92. The van der Waals surface area contributed by atoms with Crippen molar-refractivity contribution < 1.29 is 99.8 Å². The molecule has 32 heteroatoms. The number of unbranched alkanes of at least 4 members (excludes halogenated alkanes) is 1. The Bertz CT molecular complexity index is 1630. The average molecular weight is 944 g/mol. The molecule has 64 heavy (non-hydrogen) atoms. The van der Waals surface area contributed by atoms with Crippen molar-refractivity contribution in [3.05, 3.63) is 0 Å². The number of aliphatic hydroxyl groups is 1. The van der Waals surface area contributed by atoms with E-state index in [1.165, 1.54) is 0 Å². The minimum Gasteiger partial charge on any atom is -0.481 e. The molecule has 18 N–H and O–H groups in total. The first kappa shape index (κ1) is 59.5. The number of nitrogens with one attached hydrogen (secondary N) is 5. The van der Waals surface area contributed by atoms with Crippen molar-refractivity contribution in [3.63, 3.8) is 0 Å². The van der Waals surface area contributed by atoms with Gasteiger partial charge in [0.1, 0.15) is 30.2 Å². The number of amides is 6. The summed E-state index contributed by atoms with van der Waals surface area (Å²) in [6.07, 6.45) is -9.16. The molecule has 1 rings (SSSR count). The summed E-state index contributed by atoms with van der Waals surface area (Å²) in [7, 11) is 0. The number of hydrogen-bond acceptors (Lipinski definition) is 14. The molecule has 0 radical (unpaired) electrons. The lowest BCUT2D eigenvalue weighted by Crippen LogP contribution is -2.59. The topological polar surface area (TPSA) is 452 Å². The molecule has 5 atom stereocenters. The minimum atomic E-state index is -5.08. The Morgan fingerprint density at radius 1 is 0.703 bits per heavy atom. The van der Waals surface area contributed by atoms with Crippen molar-refractivity contribution in [2.24, 2.45) is 27.9 Å². The molecule has 366 valence electrons. The van der Waals surface area contributed by atoms with Crippen LogP contribution in [0.15, 0.2) is 4.99 Å². The third-order valence-corrected chi connectivity index (χ3v) is 7.92. The fourth-order valence-corrected chi connectivity index (χ4v) is 4.92. The molecule has 1 aliphatic rings. The van der Waals surface area contributed by atoms with Gasteiger partial charge in [0, 0.05) is 13.1 Å². The van der Waals surface area contributed by atoms with Crippen LogP contribution in [-0.2, 0) is 47.9 Å². The molecule has 0 aromatic heterocycles. The van der Waals surface area contributed by atoms with E-state index >= 15 is 0 Å². The molecule has 1 heterocycles. The summed E-state index contributed by atoms with van der Waals surface area (Å²) in [5.74, 6) is -13.7. The number of carboxylic acids is 4. The van der Waals surface area contributed by atoms with Crippen molar-refractivity contribution >= 4 is 65.3 Å². The quantitative estimate of drug-likeness (QED) is 0.0197. The van der Waals surface area contributed by atoms with E-state index in [1.807, 2.05) is 0 Å². The number of hydrogen-bond donors (Lipinski definition) is 14. The second kappa shape index (κ2) is 29.7. The molecular weight excluding hydrogens is 892 g/mol. The SMILES string of the molecule is NCCCCC(NC(=O)C1CCCN1C(=O)C(CO)NC(=O)C(CC(=O)O)NC(=O)CNC(=O)C(CCCN=C(N)N)NC(=O)CN)C(=O)O.O=C(O)C(F)(F)F.O=C(O)C(F)(F)F. The average Bonchev–Trinajstić information content (AvgIpc) is 3.69. The number of aliphatic carboxylic acids is 4. The minimum absolute atomic E-state index is 0.0458. The van der Waals surface area contributed by atoms with Gasteiger partial charge in [0.25, 0.3) is 0 Å². The number of carboxylic acid groups (broad SMARTS) is 4. The van der Waals surface area contributed by atoms with Crippen molar-refractivity contribution in [2.45, 2.75) is 93.9 Å². The molecule has 0 spiro atoms. The number of halogens is 6. The molecule has 0 aromatic carbocycles. The van der Waals surface area contributed by atoms with Crippen LogP contribution in [0.3, 0.4) is 0 Å². The lowest BCUT2D eigenvalue weighted by Gasteiger charge is -2.29. The zero-order chi connectivity index (χ0) is 50.0. The molecule has 0 aliphatic carbocycles. The van der Waals surface area contributed by atoms with Crippen LogP contribution in [0.25, 0.3) is 0 Å². The van der Waals surface area contributed by atoms with Crippen molar-refractivity contribution in [1.29, 1.82) is 0 Å². The number of alkyl halides is 6. The molecule has 0 bridgehead atoms. The smallest absolute Gasteiger partial charge is 0.481 e. The monoisotopic (exact) mass is 943 g/mol. The highest BCUT2D eigenvalue weighted by molar-refractivity contribution is 5.97. The number of likely N-dealkylation sites (tertiary alicyclic amines) is 1. The van der Waals surface area contributed by atoms with E-state index in [9.17, 15) is 80.0 Å². The van der Waals surface area contributed by atoms with Gasteiger partial charge in [0.15, 0.2) is 5.96 Å². The van der Waals surface area contributed by atoms with Gasteiger partial charge in [-0.3, -0.25) is 38.6 Å². The summed E-state index contributed by atoms with van der Waals surface area (Å²) in [5.41, 5.74) is 21.3. The summed E-state index contributed by atoms with van der Waals surface area (Å²) in [6.45, 7) is -1.61. The Kier molecular flexibility index (Phi) is 27.6. The number of rotatable bonds is 23. The molecule has 0 aromatic rings. The van der Waals surface area contributed by atoms with Gasteiger partial charge in [-0.2, -0.15) is 26.3 Å². The lowest BCUT2D eigenvalue weighted by molar-refractivity contribution is -0.193. The number of carbonyl (C=O) groups excluding carboxylic acids is 6. The van der Waals surface area contributed by atoms with E-state index in [2.05, 4.69) is 31.6 Å². The largest absolute Gasteiger partial charge is 0.490 e. The van der Waals surface area contributed by atoms with Gasteiger partial charge in [-0.1, -0.05) is 0 Å². The Morgan fingerprint density at radius 3 is 1.69 bits per heavy atom. The number of aliphatic hydroxyl groups excluding tert-OH is 1. The predicted octanol–water partition coefficient (Wildman–Crippen LogP) is -5.01. The molecule has 1 saturated heterocycles.